The third-order valence-electron chi connectivity index (χ3n) is 7.51. The summed E-state index contributed by atoms with van der Waals surface area (Å²) in [5.74, 6) is 0.179. The van der Waals surface area contributed by atoms with Gasteiger partial charge in [0.05, 0.1) is 23.1 Å². The number of hydrogen-bond acceptors (Lipinski definition) is 6. The van der Waals surface area contributed by atoms with Crippen LogP contribution in [0.5, 0.6) is 0 Å². The summed E-state index contributed by atoms with van der Waals surface area (Å²) < 4.78 is 15.4. The molecule has 8 nitrogen and oxygen atoms in total. The highest BCUT2D eigenvalue weighted by Crippen LogP contribution is 2.35. The summed E-state index contributed by atoms with van der Waals surface area (Å²) in [6.07, 6.45) is 7.11. The van der Waals surface area contributed by atoms with Crippen LogP contribution in [0.15, 0.2) is 55.0 Å². The summed E-state index contributed by atoms with van der Waals surface area (Å²) >= 11 is 0. The molecule has 5 heterocycles. The Kier molecular flexibility index (Phi) is 5.60. The molecule has 1 amide bonds. The summed E-state index contributed by atoms with van der Waals surface area (Å²) in [6.45, 7) is 5.94. The average molecular weight is 501 g/mol. The highest BCUT2D eigenvalue weighted by molar-refractivity contribution is 6.05. The first kappa shape index (κ1) is 23.4. The van der Waals surface area contributed by atoms with Crippen LogP contribution in [0.1, 0.15) is 42.6 Å². The van der Waals surface area contributed by atoms with Crippen molar-refractivity contribution < 1.29 is 14.3 Å². The topological polar surface area (TPSA) is 94.8 Å². The first-order valence-corrected chi connectivity index (χ1v) is 12.6. The fourth-order valence-electron chi connectivity index (χ4n) is 5.39. The molecule has 1 saturated heterocycles. The second-order valence-electron chi connectivity index (χ2n) is 10.4. The largest absolute Gasteiger partial charge is 0.390 e. The van der Waals surface area contributed by atoms with E-state index < -0.39 is 5.60 Å². The third-order valence-corrected chi connectivity index (χ3v) is 7.51. The SMILES string of the molecule is CC(C)(O)C1CCCN(c2ccc(Nc3ncc(-c4cnc5cc(F)ccn45)c4c3C(=O)NC4)cc2)C1. The number of rotatable bonds is 5. The van der Waals surface area contributed by atoms with Gasteiger partial charge in [0.15, 0.2) is 0 Å². The average Bonchev–Trinajstić information content (AvgIpc) is 3.48. The minimum Gasteiger partial charge on any atom is -0.390 e. The fourth-order valence-corrected chi connectivity index (χ4v) is 5.39. The van der Waals surface area contributed by atoms with E-state index in [9.17, 15) is 14.3 Å². The number of halogens is 1. The van der Waals surface area contributed by atoms with Crippen molar-refractivity contribution in [3.8, 4) is 11.3 Å². The van der Waals surface area contributed by atoms with Crippen LogP contribution in [0.3, 0.4) is 0 Å². The molecule has 6 rings (SSSR count). The number of aromatic nitrogens is 3. The maximum Gasteiger partial charge on any atom is 0.255 e. The number of carbonyl (C=O) groups is 1. The van der Waals surface area contributed by atoms with Gasteiger partial charge >= 0.3 is 0 Å². The van der Waals surface area contributed by atoms with Gasteiger partial charge in [0.1, 0.15) is 17.3 Å². The zero-order valence-corrected chi connectivity index (χ0v) is 20.8. The van der Waals surface area contributed by atoms with Crippen molar-refractivity contribution in [2.45, 2.75) is 38.8 Å². The lowest BCUT2D eigenvalue weighted by Gasteiger charge is -2.39. The van der Waals surface area contributed by atoms with Crippen molar-refractivity contribution >= 4 is 28.7 Å². The first-order chi connectivity index (χ1) is 17.8. The van der Waals surface area contributed by atoms with E-state index in [4.69, 9.17) is 0 Å². The number of piperidine rings is 1. The number of benzene rings is 1. The maximum absolute atomic E-state index is 13.6. The second kappa shape index (κ2) is 8.85. The minimum atomic E-state index is -0.696. The Morgan fingerprint density at radius 1 is 1.16 bits per heavy atom. The number of anilines is 3. The number of nitrogens with one attached hydrogen (secondary N) is 2. The lowest BCUT2D eigenvalue weighted by molar-refractivity contribution is 0.0110. The van der Waals surface area contributed by atoms with E-state index in [1.807, 2.05) is 26.0 Å². The predicted molar refractivity (Wildman–Crippen MR) is 141 cm³/mol. The number of carbonyl (C=O) groups excluding carboxylic acids is 1. The van der Waals surface area contributed by atoms with Crippen LogP contribution in [-0.4, -0.2) is 44.1 Å². The summed E-state index contributed by atoms with van der Waals surface area (Å²) in [7, 11) is 0. The van der Waals surface area contributed by atoms with Crippen LogP contribution in [0.25, 0.3) is 16.9 Å². The molecule has 0 saturated carbocycles. The molecule has 1 fully saturated rings. The molecule has 3 N–H and O–H groups in total. The van der Waals surface area contributed by atoms with Crippen LogP contribution in [0, 0.1) is 11.7 Å². The maximum atomic E-state index is 13.6. The number of nitrogens with zero attached hydrogens (tertiary/aromatic N) is 4. The fraction of sp³-hybridized carbons (Fsp3) is 0.321. The van der Waals surface area contributed by atoms with E-state index in [-0.39, 0.29) is 17.6 Å². The van der Waals surface area contributed by atoms with Gasteiger partial charge in [-0.25, -0.2) is 14.4 Å². The Labute approximate surface area is 214 Å². The van der Waals surface area contributed by atoms with Gasteiger partial charge in [0.25, 0.3) is 5.91 Å². The number of amides is 1. The molecule has 0 spiro atoms. The molecule has 0 bridgehead atoms. The molecule has 190 valence electrons. The third kappa shape index (κ3) is 4.29. The number of pyridine rings is 2. The molecule has 0 aliphatic carbocycles. The normalized spacial score (nSPS) is 17.7. The molecule has 4 aromatic rings. The van der Waals surface area contributed by atoms with Crippen molar-refractivity contribution in [1.82, 2.24) is 19.7 Å². The highest BCUT2D eigenvalue weighted by atomic mass is 19.1. The zero-order chi connectivity index (χ0) is 25.7. The Bertz CT molecular complexity index is 1490. The molecule has 1 aromatic carbocycles. The molecule has 0 radical (unpaired) electrons. The Balaban J connectivity index is 1.27. The van der Waals surface area contributed by atoms with Crippen LogP contribution >= 0.6 is 0 Å². The van der Waals surface area contributed by atoms with E-state index in [1.54, 1.807) is 23.0 Å². The van der Waals surface area contributed by atoms with Gasteiger partial charge in [-0.15, -0.1) is 0 Å². The quantitative estimate of drug-likeness (QED) is 0.373. The molecule has 1 unspecified atom stereocenters. The summed E-state index contributed by atoms with van der Waals surface area (Å²) in [5, 5.41) is 16.7. The number of hydrogen-bond donors (Lipinski definition) is 3. The molecule has 9 heteroatoms. The monoisotopic (exact) mass is 500 g/mol. The van der Waals surface area contributed by atoms with Gasteiger partial charge in [0, 0.05) is 61.0 Å². The zero-order valence-electron chi connectivity index (χ0n) is 20.8. The number of aliphatic hydroxyl groups is 1. The molecule has 37 heavy (non-hydrogen) atoms. The van der Waals surface area contributed by atoms with Gasteiger partial charge in [-0.3, -0.25) is 9.20 Å². The van der Waals surface area contributed by atoms with Crippen molar-refractivity contribution in [1.29, 1.82) is 0 Å². The Morgan fingerprint density at radius 2 is 1.97 bits per heavy atom. The van der Waals surface area contributed by atoms with Crippen LogP contribution in [0.2, 0.25) is 0 Å². The van der Waals surface area contributed by atoms with Crippen LogP contribution < -0.4 is 15.5 Å². The first-order valence-electron chi connectivity index (χ1n) is 12.6. The lowest BCUT2D eigenvalue weighted by Crippen LogP contribution is -2.44. The standard InChI is InChI=1S/C28H29FN6O2/c1-28(2,37)17-4-3-10-34(16-17)20-7-5-19(6-8-20)33-26-25-22(14-32-27(25)36)21(13-31-26)23-15-30-24-12-18(29)9-11-35(23)24/h5-9,11-13,15,17,37H,3-4,10,14,16H2,1-2H3,(H,31,33)(H,32,36). The van der Waals surface area contributed by atoms with Crippen molar-refractivity contribution in [3.05, 3.63) is 71.9 Å². The van der Waals surface area contributed by atoms with E-state index in [2.05, 4.69) is 37.6 Å². The van der Waals surface area contributed by atoms with Crippen LogP contribution in [-0.2, 0) is 6.54 Å². The lowest BCUT2D eigenvalue weighted by atomic mass is 9.84. The van der Waals surface area contributed by atoms with Crippen molar-refractivity contribution in [2.75, 3.05) is 23.3 Å². The van der Waals surface area contributed by atoms with E-state index >= 15 is 0 Å². The van der Waals surface area contributed by atoms with E-state index in [0.717, 1.165) is 54.1 Å². The van der Waals surface area contributed by atoms with Crippen molar-refractivity contribution in [2.24, 2.45) is 5.92 Å². The smallest absolute Gasteiger partial charge is 0.255 e. The predicted octanol–water partition coefficient (Wildman–Crippen LogP) is 4.51. The molecular formula is C28H29FN6O2. The summed E-state index contributed by atoms with van der Waals surface area (Å²) in [5.41, 5.74) is 4.59. The summed E-state index contributed by atoms with van der Waals surface area (Å²) in [6, 6.07) is 10.8. The van der Waals surface area contributed by atoms with E-state index in [1.165, 1.54) is 12.1 Å². The molecular weight excluding hydrogens is 471 g/mol. The minimum absolute atomic E-state index is 0.186. The second-order valence-corrected chi connectivity index (χ2v) is 10.4. The summed E-state index contributed by atoms with van der Waals surface area (Å²) in [4.78, 5) is 24.0. The van der Waals surface area contributed by atoms with Gasteiger partial charge in [-0.2, -0.15) is 0 Å². The van der Waals surface area contributed by atoms with Gasteiger partial charge in [0.2, 0.25) is 0 Å². The molecule has 3 aromatic heterocycles. The van der Waals surface area contributed by atoms with Crippen molar-refractivity contribution in [3.63, 3.8) is 0 Å². The van der Waals surface area contributed by atoms with Gasteiger partial charge < -0.3 is 20.6 Å². The molecule has 2 aliphatic rings. The molecule has 1 atom stereocenters. The van der Waals surface area contributed by atoms with Gasteiger partial charge in [-0.05, 0) is 62.6 Å². The molecule has 2 aliphatic heterocycles. The van der Waals surface area contributed by atoms with E-state index in [0.29, 0.717) is 23.6 Å². The Morgan fingerprint density at radius 3 is 2.76 bits per heavy atom. The van der Waals surface area contributed by atoms with Crippen LogP contribution in [0.4, 0.5) is 21.6 Å². The van der Waals surface area contributed by atoms with Gasteiger partial charge in [-0.1, -0.05) is 0 Å². The highest BCUT2D eigenvalue weighted by Gasteiger charge is 2.32. The number of fused-ring (bicyclic) bond motifs is 2. The Hall–Kier alpha value is -3.98. The number of imidazole rings is 1.